The predicted octanol–water partition coefficient (Wildman–Crippen LogP) is 1.56. The normalized spacial score (nSPS) is 24.4. The van der Waals surface area contributed by atoms with Crippen molar-refractivity contribution in [3.8, 4) is 5.75 Å². The predicted molar refractivity (Wildman–Crippen MR) is 71.9 cm³/mol. The van der Waals surface area contributed by atoms with E-state index in [0.717, 1.165) is 24.2 Å². The third-order valence-corrected chi connectivity index (χ3v) is 4.15. The first kappa shape index (κ1) is 13.0. The highest BCUT2D eigenvalue weighted by Gasteiger charge is 2.39. The van der Waals surface area contributed by atoms with Gasteiger partial charge >= 0.3 is 5.97 Å². The number of nitrogens with zero attached hydrogens (tertiary/aromatic N) is 1. The molecule has 0 radical (unpaired) electrons. The number of rotatable bonds is 2. The number of fused-ring (bicyclic) bond motifs is 1. The number of benzene rings is 1. The maximum absolute atomic E-state index is 12.5. The smallest absolute Gasteiger partial charge is 0.326 e. The summed E-state index contributed by atoms with van der Waals surface area (Å²) in [5.74, 6) is -0.301. The van der Waals surface area contributed by atoms with Gasteiger partial charge in [0, 0.05) is 18.5 Å². The van der Waals surface area contributed by atoms with Crippen LogP contribution in [-0.2, 0) is 11.2 Å². The minimum atomic E-state index is -0.923. The molecule has 1 fully saturated rings. The molecule has 1 aromatic rings. The van der Waals surface area contributed by atoms with Gasteiger partial charge in [0.15, 0.2) is 0 Å². The van der Waals surface area contributed by atoms with E-state index < -0.39 is 12.0 Å². The number of aliphatic carboxylic acids is 1. The Bertz CT molecular complexity index is 569. The first-order valence-corrected chi connectivity index (χ1v) is 6.87. The number of carbonyl (C=O) groups is 2. The van der Waals surface area contributed by atoms with E-state index in [1.165, 1.54) is 4.90 Å². The first-order chi connectivity index (χ1) is 9.58. The Morgan fingerprint density at radius 3 is 2.95 bits per heavy atom. The van der Waals surface area contributed by atoms with Gasteiger partial charge in [0.25, 0.3) is 5.91 Å². The van der Waals surface area contributed by atoms with Gasteiger partial charge in [0.2, 0.25) is 0 Å². The van der Waals surface area contributed by atoms with Crippen LogP contribution in [0.3, 0.4) is 0 Å². The van der Waals surface area contributed by atoms with Crippen molar-refractivity contribution in [2.75, 3.05) is 13.2 Å². The lowest BCUT2D eigenvalue weighted by Gasteiger charge is -2.23. The van der Waals surface area contributed by atoms with Crippen LogP contribution >= 0.6 is 0 Å². The molecule has 20 heavy (non-hydrogen) atoms. The topological polar surface area (TPSA) is 66.8 Å². The molecule has 1 amide bonds. The van der Waals surface area contributed by atoms with Gasteiger partial charge in [-0.05, 0) is 36.1 Å². The zero-order valence-electron chi connectivity index (χ0n) is 11.3. The Morgan fingerprint density at radius 1 is 1.40 bits per heavy atom. The summed E-state index contributed by atoms with van der Waals surface area (Å²) >= 11 is 0. The van der Waals surface area contributed by atoms with Gasteiger partial charge in [-0.1, -0.05) is 6.92 Å². The van der Waals surface area contributed by atoms with E-state index in [4.69, 9.17) is 4.74 Å². The molecule has 0 saturated carbocycles. The van der Waals surface area contributed by atoms with Crippen LogP contribution in [0.25, 0.3) is 0 Å². The van der Waals surface area contributed by atoms with Crippen molar-refractivity contribution in [1.82, 2.24) is 4.90 Å². The number of ether oxygens (including phenoxy) is 1. The third-order valence-electron chi connectivity index (χ3n) is 4.15. The molecule has 0 bridgehead atoms. The average molecular weight is 275 g/mol. The molecular weight excluding hydrogens is 258 g/mol. The van der Waals surface area contributed by atoms with Crippen molar-refractivity contribution >= 4 is 11.9 Å². The van der Waals surface area contributed by atoms with Crippen LogP contribution in [0.2, 0.25) is 0 Å². The van der Waals surface area contributed by atoms with Gasteiger partial charge in [-0.2, -0.15) is 0 Å². The average Bonchev–Trinajstić information content (AvgIpc) is 3.02. The van der Waals surface area contributed by atoms with E-state index in [1.54, 1.807) is 12.1 Å². The molecule has 0 spiro atoms. The first-order valence-electron chi connectivity index (χ1n) is 6.87. The van der Waals surface area contributed by atoms with Gasteiger partial charge in [-0.15, -0.1) is 0 Å². The van der Waals surface area contributed by atoms with Gasteiger partial charge in [-0.3, -0.25) is 4.79 Å². The Balaban J connectivity index is 1.87. The molecule has 5 heteroatoms. The van der Waals surface area contributed by atoms with Gasteiger partial charge in [0.05, 0.1) is 6.61 Å². The summed E-state index contributed by atoms with van der Waals surface area (Å²) in [6.45, 7) is 3.03. The summed E-state index contributed by atoms with van der Waals surface area (Å²) in [5, 5.41) is 9.29. The second-order valence-corrected chi connectivity index (χ2v) is 5.47. The number of hydrogen-bond acceptors (Lipinski definition) is 3. The third kappa shape index (κ3) is 2.03. The van der Waals surface area contributed by atoms with Crippen molar-refractivity contribution in [1.29, 1.82) is 0 Å². The van der Waals surface area contributed by atoms with E-state index in [0.29, 0.717) is 18.7 Å². The van der Waals surface area contributed by atoms with Crippen LogP contribution < -0.4 is 4.74 Å². The van der Waals surface area contributed by atoms with Crippen LogP contribution in [0.1, 0.15) is 29.3 Å². The molecule has 2 aliphatic rings. The van der Waals surface area contributed by atoms with Crippen LogP contribution in [0, 0.1) is 5.92 Å². The number of carboxylic acids is 1. The van der Waals surface area contributed by atoms with E-state index >= 15 is 0 Å². The maximum Gasteiger partial charge on any atom is 0.326 e. The second kappa shape index (κ2) is 4.81. The number of carbonyl (C=O) groups excluding carboxylic acids is 1. The largest absolute Gasteiger partial charge is 0.493 e. The maximum atomic E-state index is 12.5. The lowest BCUT2D eigenvalue weighted by molar-refractivity contribution is -0.142. The minimum absolute atomic E-state index is 0.00536. The van der Waals surface area contributed by atoms with Crippen LogP contribution in [-0.4, -0.2) is 41.1 Å². The Morgan fingerprint density at radius 2 is 2.20 bits per heavy atom. The Labute approximate surface area is 117 Å². The van der Waals surface area contributed by atoms with Crippen molar-refractivity contribution in [3.05, 3.63) is 29.3 Å². The fraction of sp³-hybridized carbons (Fsp3) is 0.467. The van der Waals surface area contributed by atoms with E-state index in [2.05, 4.69) is 0 Å². The summed E-state index contributed by atoms with van der Waals surface area (Å²) in [5.41, 5.74) is 1.57. The van der Waals surface area contributed by atoms with E-state index in [9.17, 15) is 14.7 Å². The fourth-order valence-corrected chi connectivity index (χ4v) is 3.04. The number of carboxylic acid groups (broad SMARTS) is 1. The molecule has 3 rings (SSSR count). The minimum Gasteiger partial charge on any atom is -0.493 e. The highest BCUT2D eigenvalue weighted by Crippen LogP contribution is 2.29. The lowest BCUT2D eigenvalue weighted by atomic mass is 10.0. The molecule has 1 N–H and O–H groups in total. The van der Waals surface area contributed by atoms with Crippen LogP contribution in [0.4, 0.5) is 0 Å². The number of hydrogen-bond donors (Lipinski definition) is 1. The van der Waals surface area contributed by atoms with Crippen LogP contribution in [0.5, 0.6) is 5.75 Å². The summed E-state index contributed by atoms with van der Waals surface area (Å²) in [6.07, 6.45) is 1.53. The molecule has 1 aromatic carbocycles. The van der Waals surface area contributed by atoms with Gasteiger partial charge in [-0.25, -0.2) is 4.79 Å². The van der Waals surface area contributed by atoms with Crippen molar-refractivity contribution < 1.29 is 19.4 Å². The summed E-state index contributed by atoms with van der Waals surface area (Å²) in [6, 6.07) is 4.62. The Kier molecular flexibility index (Phi) is 3.12. The molecule has 2 atom stereocenters. The summed E-state index contributed by atoms with van der Waals surface area (Å²) < 4.78 is 5.42. The second-order valence-electron chi connectivity index (χ2n) is 5.47. The zero-order valence-corrected chi connectivity index (χ0v) is 11.3. The molecule has 5 nitrogen and oxygen atoms in total. The zero-order chi connectivity index (χ0) is 14.3. The molecule has 106 valence electrons. The van der Waals surface area contributed by atoms with Gasteiger partial charge in [0.1, 0.15) is 11.8 Å². The molecule has 1 saturated heterocycles. The molecule has 0 aliphatic carbocycles. The van der Waals surface area contributed by atoms with Crippen molar-refractivity contribution in [3.63, 3.8) is 0 Å². The molecule has 2 heterocycles. The highest BCUT2D eigenvalue weighted by atomic mass is 16.5. The van der Waals surface area contributed by atoms with Gasteiger partial charge < -0.3 is 14.7 Å². The monoisotopic (exact) mass is 275 g/mol. The van der Waals surface area contributed by atoms with Crippen molar-refractivity contribution in [2.24, 2.45) is 5.92 Å². The standard InChI is InChI=1S/C15H17NO4/c1-9-4-6-16(13(9)15(18)19)14(17)11-2-3-12-10(8-11)5-7-20-12/h2-3,8-9,13H,4-7H2,1H3,(H,18,19). The molecule has 2 unspecified atom stereocenters. The summed E-state index contributed by atoms with van der Waals surface area (Å²) in [4.78, 5) is 25.3. The number of likely N-dealkylation sites (tertiary alicyclic amines) is 1. The van der Waals surface area contributed by atoms with Crippen LogP contribution in [0.15, 0.2) is 18.2 Å². The molecule has 2 aliphatic heterocycles. The summed E-state index contributed by atoms with van der Waals surface area (Å²) in [7, 11) is 0. The van der Waals surface area contributed by atoms with E-state index in [1.807, 2.05) is 13.0 Å². The fourth-order valence-electron chi connectivity index (χ4n) is 3.04. The number of amides is 1. The Hall–Kier alpha value is -2.04. The SMILES string of the molecule is CC1CCN(C(=O)c2ccc3c(c2)CCO3)C1C(=O)O. The lowest BCUT2D eigenvalue weighted by Crippen LogP contribution is -2.42. The molecular formula is C15H17NO4. The molecule has 0 aromatic heterocycles. The van der Waals surface area contributed by atoms with E-state index in [-0.39, 0.29) is 11.8 Å². The highest BCUT2D eigenvalue weighted by molar-refractivity contribution is 5.97. The quantitative estimate of drug-likeness (QED) is 0.889. The van der Waals surface area contributed by atoms with Crippen molar-refractivity contribution in [2.45, 2.75) is 25.8 Å².